The van der Waals surface area contributed by atoms with E-state index in [9.17, 15) is 4.79 Å². The van der Waals surface area contributed by atoms with Crippen molar-refractivity contribution in [3.8, 4) is 5.95 Å². The summed E-state index contributed by atoms with van der Waals surface area (Å²) >= 11 is 6.00. The number of aryl methyl sites for hydroxylation is 1. The Labute approximate surface area is 102 Å². The van der Waals surface area contributed by atoms with E-state index in [1.807, 2.05) is 6.92 Å². The zero-order valence-electron chi connectivity index (χ0n) is 9.22. The van der Waals surface area contributed by atoms with Gasteiger partial charge in [-0.15, -0.1) is 0 Å². The lowest BCUT2D eigenvalue weighted by molar-refractivity contribution is 0.0601. The molecule has 2 rings (SSSR count). The third-order valence-electron chi connectivity index (χ3n) is 2.09. The Morgan fingerprint density at radius 1 is 1.53 bits per heavy atom. The Hall–Kier alpha value is -1.95. The van der Waals surface area contributed by atoms with Crippen LogP contribution in [0, 0.1) is 6.92 Å². The van der Waals surface area contributed by atoms with Crippen LogP contribution in [-0.4, -0.2) is 32.8 Å². The fourth-order valence-electron chi connectivity index (χ4n) is 1.26. The first kappa shape index (κ1) is 11.5. The minimum atomic E-state index is -0.547. The van der Waals surface area contributed by atoms with Crippen LogP contribution in [0.4, 0.5) is 0 Å². The number of esters is 1. The number of carbonyl (C=O) groups excluding carboxylic acids is 1. The standard InChI is InChI=1S/C10H9ClN4O2/c1-6-3-4-12-10(14-6)15-8(11)7(5-13-15)9(16)17-2/h3-5H,1-2H3. The van der Waals surface area contributed by atoms with E-state index in [2.05, 4.69) is 19.8 Å². The summed E-state index contributed by atoms with van der Waals surface area (Å²) in [4.78, 5) is 19.5. The number of methoxy groups -OCH3 is 1. The predicted molar refractivity (Wildman–Crippen MR) is 60.2 cm³/mol. The largest absolute Gasteiger partial charge is 0.465 e. The highest BCUT2D eigenvalue weighted by molar-refractivity contribution is 6.32. The molecule has 0 aliphatic heterocycles. The molecule has 0 aromatic carbocycles. The smallest absolute Gasteiger partial charge is 0.342 e. The minimum Gasteiger partial charge on any atom is -0.465 e. The third-order valence-corrected chi connectivity index (χ3v) is 2.45. The van der Waals surface area contributed by atoms with Crippen LogP contribution in [0.5, 0.6) is 0 Å². The van der Waals surface area contributed by atoms with Crippen LogP contribution >= 0.6 is 11.6 Å². The van der Waals surface area contributed by atoms with Crippen molar-refractivity contribution < 1.29 is 9.53 Å². The maximum absolute atomic E-state index is 11.3. The lowest BCUT2D eigenvalue weighted by Crippen LogP contribution is -2.05. The molecule has 0 radical (unpaired) electrons. The van der Waals surface area contributed by atoms with E-state index < -0.39 is 5.97 Å². The van der Waals surface area contributed by atoms with Gasteiger partial charge in [-0.05, 0) is 13.0 Å². The molecule has 0 bridgehead atoms. The van der Waals surface area contributed by atoms with Crippen LogP contribution in [0.25, 0.3) is 5.95 Å². The van der Waals surface area contributed by atoms with E-state index in [-0.39, 0.29) is 10.7 Å². The van der Waals surface area contributed by atoms with Gasteiger partial charge in [-0.2, -0.15) is 9.78 Å². The molecule has 17 heavy (non-hydrogen) atoms. The van der Waals surface area contributed by atoms with E-state index in [0.29, 0.717) is 5.95 Å². The quantitative estimate of drug-likeness (QED) is 0.756. The lowest BCUT2D eigenvalue weighted by atomic mass is 10.4. The van der Waals surface area contributed by atoms with Crippen molar-refractivity contribution in [1.29, 1.82) is 0 Å². The summed E-state index contributed by atoms with van der Waals surface area (Å²) in [5.74, 6) is -0.237. The number of hydrogen-bond acceptors (Lipinski definition) is 5. The molecule has 0 atom stereocenters. The topological polar surface area (TPSA) is 69.9 Å². The number of ether oxygens (including phenoxy) is 1. The minimum absolute atomic E-state index is 0.127. The van der Waals surface area contributed by atoms with Crippen LogP contribution in [0.2, 0.25) is 5.15 Å². The first-order valence-electron chi connectivity index (χ1n) is 4.75. The molecular formula is C10H9ClN4O2. The number of rotatable bonds is 2. The summed E-state index contributed by atoms with van der Waals surface area (Å²) in [6.45, 7) is 1.82. The van der Waals surface area contributed by atoms with Gasteiger partial charge in [0.15, 0.2) is 5.15 Å². The molecule has 0 N–H and O–H groups in total. The Kier molecular flexibility index (Phi) is 3.06. The van der Waals surface area contributed by atoms with Crippen LogP contribution in [0.3, 0.4) is 0 Å². The molecule has 0 saturated heterocycles. The summed E-state index contributed by atoms with van der Waals surface area (Å²) in [6.07, 6.45) is 2.91. The van der Waals surface area contributed by atoms with Gasteiger partial charge in [0, 0.05) is 11.9 Å². The second-order valence-electron chi connectivity index (χ2n) is 3.25. The highest BCUT2D eigenvalue weighted by Gasteiger charge is 2.18. The Bertz CT molecular complexity index is 567. The molecule has 6 nitrogen and oxygen atoms in total. The fraction of sp³-hybridized carbons (Fsp3) is 0.200. The summed E-state index contributed by atoms with van der Waals surface area (Å²) in [5.41, 5.74) is 0.959. The highest BCUT2D eigenvalue weighted by Crippen LogP contribution is 2.18. The van der Waals surface area contributed by atoms with Crippen molar-refractivity contribution in [1.82, 2.24) is 19.7 Å². The second kappa shape index (κ2) is 4.50. The number of aromatic nitrogens is 4. The van der Waals surface area contributed by atoms with Gasteiger partial charge in [0.25, 0.3) is 5.95 Å². The molecule has 0 unspecified atom stereocenters. The molecule has 0 fully saturated rings. The van der Waals surface area contributed by atoms with Crippen molar-refractivity contribution in [2.75, 3.05) is 7.11 Å². The van der Waals surface area contributed by atoms with Gasteiger partial charge in [-0.1, -0.05) is 11.6 Å². The molecule has 7 heteroatoms. The Morgan fingerprint density at radius 3 is 2.94 bits per heavy atom. The SMILES string of the molecule is COC(=O)c1cnn(-c2nccc(C)n2)c1Cl. The molecule has 0 aliphatic carbocycles. The molecule has 0 aliphatic rings. The van der Waals surface area contributed by atoms with Crippen molar-refractivity contribution in [2.45, 2.75) is 6.92 Å². The van der Waals surface area contributed by atoms with Crippen LogP contribution in [0.15, 0.2) is 18.5 Å². The van der Waals surface area contributed by atoms with Gasteiger partial charge in [-0.25, -0.2) is 14.8 Å². The average Bonchev–Trinajstić information content (AvgIpc) is 2.70. The Morgan fingerprint density at radius 2 is 2.29 bits per heavy atom. The molecule has 2 aromatic rings. The first-order valence-corrected chi connectivity index (χ1v) is 5.13. The van der Waals surface area contributed by atoms with Gasteiger partial charge in [0.1, 0.15) is 5.56 Å². The van der Waals surface area contributed by atoms with Gasteiger partial charge < -0.3 is 4.74 Å². The van der Waals surface area contributed by atoms with Gasteiger partial charge >= 0.3 is 5.97 Å². The summed E-state index contributed by atoms with van der Waals surface area (Å²) < 4.78 is 5.85. The molecule has 0 spiro atoms. The van der Waals surface area contributed by atoms with E-state index in [4.69, 9.17) is 11.6 Å². The Balaban J connectivity index is 2.48. The highest BCUT2D eigenvalue weighted by atomic mass is 35.5. The zero-order chi connectivity index (χ0) is 12.4. The van der Waals surface area contributed by atoms with Crippen molar-refractivity contribution in [2.24, 2.45) is 0 Å². The van der Waals surface area contributed by atoms with Crippen LogP contribution < -0.4 is 0 Å². The number of carbonyl (C=O) groups is 1. The van der Waals surface area contributed by atoms with E-state index in [1.165, 1.54) is 18.0 Å². The third kappa shape index (κ3) is 2.12. The maximum Gasteiger partial charge on any atom is 0.342 e. The molecule has 2 aromatic heterocycles. The molecule has 0 saturated carbocycles. The molecule has 2 heterocycles. The van der Waals surface area contributed by atoms with Crippen LogP contribution in [0.1, 0.15) is 16.1 Å². The van der Waals surface area contributed by atoms with Gasteiger partial charge in [-0.3, -0.25) is 0 Å². The lowest BCUT2D eigenvalue weighted by Gasteiger charge is -2.01. The molecule has 88 valence electrons. The number of hydrogen-bond donors (Lipinski definition) is 0. The summed E-state index contributed by atoms with van der Waals surface area (Å²) in [6, 6.07) is 1.75. The number of nitrogens with zero attached hydrogens (tertiary/aromatic N) is 4. The van der Waals surface area contributed by atoms with E-state index in [1.54, 1.807) is 12.3 Å². The van der Waals surface area contributed by atoms with Gasteiger partial charge in [0.2, 0.25) is 0 Å². The molecule has 0 amide bonds. The monoisotopic (exact) mass is 252 g/mol. The number of halogens is 1. The maximum atomic E-state index is 11.3. The zero-order valence-corrected chi connectivity index (χ0v) is 9.97. The van der Waals surface area contributed by atoms with Crippen LogP contribution in [-0.2, 0) is 4.74 Å². The van der Waals surface area contributed by atoms with Gasteiger partial charge in [0.05, 0.1) is 13.3 Å². The normalized spacial score (nSPS) is 10.3. The summed E-state index contributed by atoms with van der Waals surface area (Å²) in [5, 5.41) is 4.08. The predicted octanol–water partition coefficient (Wildman–Crippen LogP) is 1.41. The molecular weight excluding hydrogens is 244 g/mol. The average molecular weight is 253 g/mol. The van der Waals surface area contributed by atoms with Crippen molar-refractivity contribution in [3.63, 3.8) is 0 Å². The van der Waals surface area contributed by atoms with Crippen molar-refractivity contribution in [3.05, 3.63) is 34.9 Å². The second-order valence-corrected chi connectivity index (χ2v) is 3.61. The summed E-state index contributed by atoms with van der Waals surface area (Å²) in [7, 11) is 1.28. The first-order chi connectivity index (χ1) is 8.13. The van der Waals surface area contributed by atoms with E-state index in [0.717, 1.165) is 5.69 Å². The fourth-order valence-corrected chi connectivity index (χ4v) is 1.50. The van der Waals surface area contributed by atoms with Crippen molar-refractivity contribution >= 4 is 17.6 Å². The van der Waals surface area contributed by atoms with E-state index >= 15 is 0 Å².